The van der Waals surface area contributed by atoms with E-state index in [4.69, 9.17) is 11.6 Å². The smallest absolute Gasteiger partial charge is 0.335 e. The number of aromatic carboxylic acids is 1. The number of fused-ring (bicyclic) bond motifs is 1. The fraction of sp³-hybridized carbons (Fsp3) is 0. The van der Waals surface area contributed by atoms with Gasteiger partial charge in [-0.15, -0.1) is 0 Å². The maximum absolute atomic E-state index is 13.4. The summed E-state index contributed by atoms with van der Waals surface area (Å²) in [6, 6.07) is 21.2. The number of nitrogens with zero attached hydrogens (tertiary/aromatic N) is 3. The lowest BCUT2D eigenvalue weighted by atomic mass is 10.2. The van der Waals surface area contributed by atoms with Gasteiger partial charge in [-0.3, -0.25) is 4.79 Å². The second kappa shape index (κ2) is 8.03. The van der Waals surface area contributed by atoms with Gasteiger partial charge in [-0.25, -0.2) is 19.7 Å². The lowest BCUT2D eigenvalue weighted by molar-refractivity contribution is -0.113. The van der Waals surface area contributed by atoms with Gasteiger partial charge in [-0.05, 0) is 42.0 Å². The van der Waals surface area contributed by atoms with Crippen molar-refractivity contribution in [2.75, 3.05) is 4.90 Å². The van der Waals surface area contributed by atoms with Gasteiger partial charge in [-0.2, -0.15) is 0 Å². The predicted octanol–water partition coefficient (Wildman–Crippen LogP) is 5.48. The molecule has 0 spiro atoms. The molecule has 3 aromatic carbocycles. The van der Waals surface area contributed by atoms with Gasteiger partial charge < -0.3 is 5.11 Å². The van der Waals surface area contributed by atoms with Gasteiger partial charge in [0.25, 0.3) is 5.91 Å². The first-order chi connectivity index (χ1) is 15.5. The summed E-state index contributed by atoms with van der Waals surface area (Å²) in [6.45, 7) is 0. The van der Waals surface area contributed by atoms with Crippen LogP contribution in [0.5, 0.6) is 0 Å². The molecule has 2 heterocycles. The van der Waals surface area contributed by atoms with E-state index in [2.05, 4.69) is 9.98 Å². The van der Waals surface area contributed by atoms with Crippen LogP contribution in [0.3, 0.4) is 0 Å². The van der Waals surface area contributed by atoms with Crippen LogP contribution in [-0.2, 0) is 4.79 Å². The van der Waals surface area contributed by atoms with Crippen molar-refractivity contribution in [2.45, 2.75) is 0 Å². The van der Waals surface area contributed by atoms with E-state index < -0.39 is 5.97 Å². The summed E-state index contributed by atoms with van der Waals surface area (Å²) >= 11 is 7.21. The molecule has 1 N–H and O–H groups in total. The molecule has 0 saturated heterocycles. The Morgan fingerprint density at radius 1 is 1.03 bits per heavy atom. The number of aromatic nitrogens is 1. The van der Waals surface area contributed by atoms with Crippen LogP contribution < -0.4 is 4.90 Å². The molecule has 1 amide bonds. The van der Waals surface area contributed by atoms with Gasteiger partial charge >= 0.3 is 5.97 Å². The minimum Gasteiger partial charge on any atom is -0.478 e. The van der Waals surface area contributed by atoms with Crippen LogP contribution >= 0.6 is 22.9 Å². The molecule has 1 aliphatic heterocycles. The van der Waals surface area contributed by atoms with E-state index in [1.54, 1.807) is 30.3 Å². The molecule has 5 rings (SSSR count). The lowest BCUT2D eigenvalue weighted by Gasteiger charge is -2.14. The van der Waals surface area contributed by atoms with Crippen LogP contribution in [0.25, 0.3) is 16.3 Å². The number of amides is 1. The van der Waals surface area contributed by atoms with Gasteiger partial charge in [-0.1, -0.05) is 65.4 Å². The Morgan fingerprint density at radius 2 is 1.78 bits per heavy atom. The first-order valence-corrected chi connectivity index (χ1v) is 10.8. The zero-order valence-electron chi connectivity index (χ0n) is 16.4. The Kier molecular flexibility index (Phi) is 5.05. The maximum Gasteiger partial charge on any atom is 0.335 e. The highest BCUT2D eigenvalue weighted by molar-refractivity contribution is 7.22. The standard InChI is InChI=1S/C24H14ClN3O3S/c25-17-9-6-14(7-10-17)12-19-22(29)28(21(26-19)15-4-2-1-3-5-15)24-27-18-11-8-16(23(30)31)13-20(18)32-24/h1-13H,(H,30,31)/b19-12-. The van der Waals surface area contributed by atoms with Crippen molar-refractivity contribution in [2.24, 2.45) is 4.99 Å². The van der Waals surface area contributed by atoms with E-state index in [9.17, 15) is 14.7 Å². The number of rotatable bonds is 4. The fourth-order valence-electron chi connectivity index (χ4n) is 3.33. The Balaban J connectivity index is 1.62. The molecular weight excluding hydrogens is 446 g/mol. The summed E-state index contributed by atoms with van der Waals surface area (Å²) in [5.74, 6) is -0.858. The molecule has 0 saturated carbocycles. The third-order valence-electron chi connectivity index (χ3n) is 4.88. The van der Waals surface area contributed by atoms with E-state index in [1.807, 2.05) is 42.5 Å². The molecule has 1 aliphatic rings. The molecular formula is C24H14ClN3O3S. The number of hydrogen-bond acceptors (Lipinski definition) is 5. The lowest BCUT2D eigenvalue weighted by Crippen LogP contribution is -2.32. The highest BCUT2D eigenvalue weighted by Gasteiger charge is 2.34. The van der Waals surface area contributed by atoms with E-state index in [1.165, 1.54) is 22.3 Å². The summed E-state index contributed by atoms with van der Waals surface area (Å²) in [4.78, 5) is 35.4. The molecule has 0 fully saturated rings. The molecule has 0 unspecified atom stereocenters. The molecule has 6 nitrogen and oxygen atoms in total. The Labute approximate surface area is 191 Å². The number of carboxylic acid groups (broad SMARTS) is 1. The quantitative estimate of drug-likeness (QED) is 0.409. The van der Waals surface area contributed by atoms with Gasteiger partial charge in [0.1, 0.15) is 11.5 Å². The minimum absolute atomic E-state index is 0.167. The number of hydrogen-bond donors (Lipinski definition) is 1. The summed E-state index contributed by atoms with van der Waals surface area (Å²) in [7, 11) is 0. The van der Waals surface area contributed by atoms with Crippen LogP contribution in [0, 0.1) is 0 Å². The second-order valence-electron chi connectivity index (χ2n) is 7.01. The SMILES string of the molecule is O=C(O)c1ccc2nc(N3C(=O)/C(=C/c4ccc(Cl)cc4)N=C3c3ccccc3)sc2c1. The van der Waals surface area contributed by atoms with E-state index >= 15 is 0 Å². The summed E-state index contributed by atoms with van der Waals surface area (Å²) in [6.07, 6.45) is 1.71. The number of anilines is 1. The van der Waals surface area contributed by atoms with Crippen LogP contribution in [0.4, 0.5) is 5.13 Å². The summed E-state index contributed by atoms with van der Waals surface area (Å²) in [5.41, 5.74) is 2.62. The first kappa shape index (κ1) is 20.1. The molecule has 0 radical (unpaired) electrons. The topological polar surface area (TPSA) is 82.9 Å². The molecule has 32 heavy (non-hydrogen) atoms. The number of carboxylic acids is 1. The maximum atomic E-state index is 13.4. The normalized spacial score (nSPS) is 14.9. The fourth-order valence-corrected chi connectivity index (χ4v) is 4.46. The second-order valence-corrected chi connectivity index (χ2v) is 8.45. The van der Waals surface area contributed by atoms with E-state index in [-0.39, 0.29) is 17.2 Å². The van der Waals surface area contributed by atoms with Crippen molar-refractivity contribution >= 4 is 62.1 Å². The molecule has 1 aromatic heterocycles. The number of benzene rings is 3. The van der Waals surface area contributed by atoms with Gasteiger partial charge in [0.15, 0.2) is 5.13 Å². The third kappa shape index (κ3) is 3.68. The molecule has 0 bridgehead atoms. The Hall–Kier alpha value is -3.81. The predicted molar refractivity (Wildman–Crippen MR) is 126 cm³/mol. The number of amidine groups is 1. The van der Waals surface area contributed by atoms with Gasteiger partial charge in [0.05, 0.1) is 15.8 Å². The average Bonchev–Trinajstić information content (AvgIpc) is 3.36. The van der Waals surface area contributed by atoms with E-state index in [0.29, 0.717) is 26.2 Å². The third-order valence-corrected chi connectivity index (χ3v) is 6.14. The van der Waals surface area contributed by atoms with Crippen LogP contribution in [0.1, 0.15) is 21.5 Å². The van der Waals surface area contributed by atoms with Crippen molar-refractivity contribution in [1.29, 1.82) is 0 Å². The highest BCUT2D eigenvalue weighted by Crippen LogP contribution is 2.34. The van der Waals surface area contributed by atoms with Gasteiger partial charge in [0, 0.05) is 10.6 Å². The molecule has 0 aliphatic carbocycles. The molecule has 4 aromatic rings. The van der Waals surface area contributed by atoms with E-state index in [0.717, 1.165) is 11.1 Å². The van der Waals surface area contributed by atoms with Gasteiger partial charge in [0.2, 0.25) is 0 Å². The monoisotopic (exact) mass is 459 g/mol. The van der Waals surface area contributed by atoms with Crippen LogP contribution in [0.15, 0.2) is 83.5 Å². The zero-order chi connectivity index (χ0) is 22.2. The van der Waals surface area contributed by atoms with Crippen molar-refractivity contribution in [3.8, 4) is 0 Å². The van der Waals surface area contributed by atoms with Crippen LogP contribution in [0.2, 0.25) is 5.02 Å². The van der Waals surface area contributed by atoms with Crippen molar-refractivity contribution < 1.29 is 14.7 Å². The highest BCUT2D eigenvalue weighted by atomic mass is 35.5. The Bertz CT molecular complexity index is 1430. The Morgan fingerprint density at radius 3 is 2.50 bits per heavy atom. The minimum atomic E-state index is -1.01. The zero-order valence-corrected chi connectivity index (χ0v) is 18.0. The van der Waals surface area contributed by atoms with Crippen molar-refractivity contribution in [3.05, 3.63) is 100 Å². The molecule has 8 heteroatoms. The van der Waals surface area contributed by atoms with Crippen molar-refractivity contribution in [1.82, 2.24) is 4.98 Å². The number of carbonyl (C=O) groups excluding carboxylic acids is 1. The van der Waals surface area contributed by atoms with Crippen molar-refractivity contribution in [3.63, 3.8) is 0 Å². The largest absolute Gasteiger partial charge is 0.478 e. The molecule has 156 valence electrons. The number of aliphatic imine (C=N–C) groups is 1. The van der Waals surface area contributed by atoms with Crippen LogP contribution in [-0.4, -0.2) is 27.8 Å². The molecule has 0 atom stereocenters. The average molecular weight is 460 g/mol. The summed E-state index contributed by atoms with van der Waals surface area (Å²) in [5, 5.41) is 10.3. The number of thiazole rings is 1. The number of halogens is 1. The first-order valence-electron chi connectivity index (χ1n) is 9.59. The number of carbonyl (C=O) groups is 2. The summed E-state index contributed by atoms with van der Waals surface area (Å²) < 4.78 is 0.676.